The first kappa shape index (κ1) is 14.0. The second-order valence-corrected chi connectivity index (χ2v) is 4.77. The summed E-state index contributed by atoms with van der Waals surface area (Å²) in [4.78, 5) is 13.3. The highest BCUT2D eigenvalue weighted by atomic mass is 79.9. The highest BCUT2D eigenvalue weighted by Gasteiger charge is 2.15. The van der Waals surface area contributed by atoms with Crippen molar-refractivity contribution in [1.29, 1.82) is 0 Å². The fourth-order valence-corrected chi connectivity index (χ4v) is 2.12. The molecule has 0 unspecified atom stereocenters. The summed E-state index contributed by atoms with van der Waals surface area (Å²) in [5.74, 6) is 2.06. The van der Waals surface area contributed by atoms with E-state index in [1.165, 1.54) is 0 Å². The Hall–Kier alpha value is -1.47. The third kappa shape index (κ3) is 2.93. The molecule has 102 valence electrons. The minimum Gasteiger partial charge on any atom is -0.378 e. The summed E-state index contributed by atoms with van der Waals surface area (Å²) in [6.07, 6.45) is 3.59. The summed E-state index contributed by atoms with van der Waals surface area (Å²) in [5.41, 5.74) is 0.798. The molecule has 2 aromatic heterocycles. The molecule has 7 heteroatoms. The van der Waals surface area contributed by atoms with Crippen molar-refractivity contribution in [2.45, 2.75) is 13.5 Å². The van der Waals surface area contributed by atoms with Gasteiger partial charge in [-0.05, 0) is 22.9 Å². The van der Waals surface area contributed by atoms with E-state index < -0.39 is 0 Å². The maximum Gasteiger partial charge on any atom is 0.198 e. The summed E-state index contributed by atoms with van der Waals surface area (Å²) in [6.45, 7) is 3.21. The first-order valence-corrected chi connectivity index (χ1v) is 6.73. The third-order valence-corrected chi connectivity index (χ3v) is 3.40. The zero-order valence-corrected chi connectivity index (χ0v) is 12.7. The zero-order chi connectivity index (χ0) is 13.8. The first-order valence-electron chi connectivity index (χ1n) is 5.94. The molecule has 0 aliphatic rings. The van der Waals surface area contributed by atoms with Gasteiger partial charge < -0.3 is 14.6 Å². The van der Waals surface area contributed by atoms with E-state index in [1.807, 2.05) is 24.7 Å². The number of anilines is 1. The molecular weight excluding hydrogens is 310 g/mol. The molecule has 2 heterocycles. The third-order valence-electron chi connectivity index (χ3n) is 2.57. The number of imidazole rings is 1. The molecule has 0 fully saturated rings. The van der Waals surface area contributed by atoms with Gasteiger partial charge in [0, 0.05) is 33.1 Å². The lowest BCUT2D eigenvalue weighted by molar-refractivity contribution is 0.181. The van der Waals surface area contributed by atoms with Crippen LogP contribution in [0.25, 0.3) is 11.6 Å². The van der Waals surface area contributed by atoms with E-state index in [9.17, 15) is 0 Å². The molecule has 0 bridgehead atoms. The molecule has 0 aliphatic heterocycles. The van der Waals surface area contributed by atoms with Gasteiger partial charge in [-0.25, -0.2) is 15.0 Å². The molecule has 19 heavy (non-hydrogen) atoms. The Morgan fingerprint density at radius 1 is 1.42 bits per heavy atom. The normalized spacial score (nSPS) is 10.7. The molecule has 2 aromatic rings. The van der Waals surface area contributed by atoms with Crippen molar-refractivity contribution in [3.63, 3.8) is 0 Å². The maximum absolute atomic E-state index is 5.17. The minimum atomic E-state index is 0.416. The van der Waals surface area contributed by atoms with Crippen molar-refractivity contribution in [2.75, 3.05) is 19.0 Å². The van der Waals surface area contributed by atoms with E-state index in [0.29, 0.717) is 12.4 Å². The van der Waals surface area contributed by atoms with Crippen LogP contribution < -0.4 is 5.32 Å². The van der Waals surface area contributed by atoms with Gasteiger partial charge >= 0.3 is 0 Å². The zero-order valence-electron chi connectivity index (χ0n) is 11.1. The van der Waals surface area contributed by atoms with E-state index in [0.717, 1.165) is 28.4 Å². The van der Waals surface area contributed by atoms with E-state index >= 15 is 0 Å². The Balaban J connectivity index is 2.52. The molecule has 0 spiro atoms. The summed E-state index contributed by atoms with van der Waals surface area (Å²) >= 11 is 3.50. The Morgan fingerprint density at radius 2 is 2.21 bits per heavy atom. The predicted molar refractivity (Wildman–Crippen MR) is 76.8 cm³/mol. The molecule has 2 rings (SSSR count). The van der Waals surface area contributed by atoms with Crippen LogP contribution in [0.3, 0.4) is 0 Å². The van der Waals surface area contributed by atoms with Gasteiger partial charge in [-0.15, -0.1) is 0 Å². The fourth-order valence-electron chi connectivity index (χ4n) is 1.69. The van der Waals surface area contributed by atoms with Gasteiger partial charge in [-0.3, -0.25) is 0 Å². The standard InChI is InChI=1S/C12H16BrN5O/c1-4-14-10-9(13)8(7-19-3)16-11(17-10)12-15-5-6-18(12)2/h5-6H,4,7H2,1-3H3,(H,14,16,17). The fraction of sp³-hybridized carbons (Fsp3) is 0.417. The summed E-state index contributed by atoms with van der Waals surface area (Å²) < 4.78 is 7.88. The molecule has 0 saturated heterocycles. The van der Waals surface area contributed by atoms with Gasteiger partial charge in [0.05, 0.1) is 16.8 Å². The molecule has 0 atom stereocenters. The molecule has 0 aromatic carbocycles. The Bertz CT molecular complexity index is 542. The lowest BCUT2D eigenvalue weighted by Crippen LogP contribution is -2.08. The SMILES string of the molecule is CCNc1nc(-c2nccn2C)nc(COC)c1Br. The number of methoxy groups -OCH3 is 1. The van der Waals surface area contributed by atoms with Crippen molar-refractivity contribution in [2.24, 2.45) is 7.05 Å². The van der Waals surface area contributed by atoms with Gasteiger partial charge in [0.15, 0.2) is 11.6 Å². The number of hydrogen-bond donors (Lipinski definition) is 1. The van der Waals surface area contributed by atoms with Gasteiger partial charge in [0.1, 0.15) is 5.82 Å². The quantitative estimate of drug-likeness (QED) is 0.913. The number of nitrogens with zero attached hydrogens (tertiary/aromatic N) is 4. The average Bonchev–Trinajstić information content (AvgIpc) is 2.81. The first-order chi connectivity index (χ1) is 9.17. The lowest BCUT2D eigenvalue weighted by atomic mass is 10.3. The Kier molecular flexibility index (Phi) is 4.49. The van der Waals surface area contributed by atoms with E-state index in [-0.39, 0.29) is 0 Å². The van der Waals surface area contributed by atoms with Crippen LogP contribution in [-0.4, -0.2) is 33.2 Å². The van der Waals surface area contributed by atoms with Crippen molar-refractivity contribution in [1.82, 2.24) is 19.5 Å². The maximum atomic E-state index is 5.17. The number of hydrogen-bond acceptors (Lipinski definition) is 5. The van der Waals surface area contributed by atoms with Crippen LogP contribution in [0, 0.1) is 0 Å². The Labute approximate surface area is 120 Å². The minimum absolute atomic E-state index is 0.416. The van der Waals surface area contributed by atoms with E-state index in [1.54, 1.807) is 13.3 Å². The molecule has 0 radical (unpaired) electrons. The lowest BCUT2D eigenvalue weighted by Gasteiger charge is -2.11. The van der Waals surface area contributed by atoms with Crippen LogP contribution in [0.5, 0.6) is 0 Å². The monoisotopic (exact) mass is 325 g/mol. The van der Waals surface area contributed by atoms with E-state index in [4.69, 9.17) is 4.74 Å². The van der Waals surface area contributed by atoms with Gasteiger partial charge in [-0.1, -0.05) is 0 Å². The highest BCUT2D eigenvalue weighted by molar-refractivity contribution is 9.10. The second kappa shape index (κ2) is 6.12. The highest BCUT2D eigenvalue weighted by Crippen LogP contribution is 2.27. The number of aromatic nitrogens is 4. The summed E-state index contributed by atoms with van der Waals surface area (Å²) in [6, 6.07) is 0. The van der Waals surface area contributed by atoms with Crippen molar-refractivity contribution >= 4 is 21.7 Å². The van der Waals surface area contributed by atoms with Crippen LogP contribution in [0.4, 0.5) is 5.82 Å². The smallest absolute Gasteiger partial charge is 0.198 e. The van der Waals surface area contributed by atoms with Gasteiger partial charge in [0.25, 0.3) is 0 Å². The van der Waals surface area contributed by atoms with Crippen LogP contribution in [0.2, 0.25) is 0 Å². The van der Waals surface area contributed by atoms with Crippen LogP contribution >= 0.6 is 15.9 Å². The molecule has 6 nitrogen and oxygen atoms in total. The van der Waals surface area contributed by atoms with Crippen molar-refractivity contribution in [3.8, 4) is 11.6 Å². The number of halogens is 1. The molecule has 0 aliphatic carbocycles. The van der Waals surface area contributed by atoms with Crippen LogP contribution in [0.15, 0.2) is 16.9 Å². The van der Waals surface area contributed by atoms with Gasteiger partial charge in [-0.2, -0.15) is 0 Å². The summed E-state index contributed by atoms with van der Waals surface area (Å²) in [5, 5.41) is 3.21. The van der Waals surface area contributed by atoms with Gasteiger partial charge in [0.2, 0.25) is 0 Å². The molecule has 1 N–H and O–H groups in total. The predicted octanol–water partition coefficient (Wildman–Crippen LogP) is 2.22. The number of nitrogens with one attached hydrogen (secondary N) is 1. The number of ether oxygens (including phenoxy) is 1. The molecular formula is C12H16BrN5O. The molecule has 0 saturated carbocycles. The number of rotatable bonds is 5. The molecule has 0 amide bonds. The Morgan fingerprint density at radius 3 is 2.79 bits per heavy atom. The topological polar surface area (TPSA) is 64.9 Å². The van der Waals surface area contributed by atoms with Crippen molar-refractivity contribution in [3.05, 3.63) is 22.6 Å². The average molecular weight is 326 g/mol. The van der Waals surface area contributed by atoms with E-state index in [2.05, 4.69) is 36.2 Å². The second-order valence-electron chi connectivity index (χ2n) is 3.98. The largest absolute Gasteiger partial charge is 0.378 e. The van der Waals surface area contributed by atoms with Crippen LogP contribution in [-0.2, 0) is 18.4 Å². The van der Waals surface area contributed by atoms with Crippen molar-refractivity contribution < 1.29 is 4.74 Å². The summed E-state index contributed by atoms with van der Waals surface area (Å²) in [7, 11) is 3.55. The number of aryl methyl sites for hydroxylation is 1. The van der Waals surface area contributed by atoms with Crippen LogP contribution in [0.1, 0.15) is 12.6 Å².